The van der Waals surface area contributed by atoms with Gasteiger partial charge in [-0.15, -0.1) is 0 Å². The highest BCUT2D eigenvalue weighted by atomic mass is 35.5. The molecule has 1 amide bonds. The van der Waals surface area contributed by atoms with Crippen LogP contribution in [0.3, 0.4) is 0 Å². The third-order valence-electron chi connectivity index (χ3n) is 2.61. The number of amides is 1. The van der Waals surface area contributed by atoms with Crippen LogP contribution in [0.1, 0.15) is 11.3 Å². The van der Waals surface area contributed by atoms with Crippen LogP contribution in [0, 0.1) is 6.92 Å². The number of hydrogen-bond donors (Lipinski definition) is 2. The maximum absolute atomic E-state index is 11.7. The van der Waals surface area contributed by atoms with Crippen molar-refractivity contribution in [2.75, 3.05) is 5.32 Å². The Morgan fingerprint density at radius 3 is 2.86 bits per heavy atom. The van der Waals surface area contributed by atoms with Gasteiger partial charge >= 0.3 is 0 Å². The van der Waals surface area contributed by atoms with E-state index < -0.39 is 0 Å². The van der Waals surface area contributed by atoms with E-state index in [0.717, 1.165) is 5.56 Å². The largest absolute Gasteiger partial charge is 0.465 e. The summed E-state index contributed by atoms with van der Waals surface area (Å²) in [7, 11) is 0. The summed E-state index contributed by atoms with van der Waals surface area (Å²) in [5, 5.41) is 6.26. The molecular weight excluding hydrogens is 308 g/mol. The van der Waals surface area contributed by atoms with Gasteiger partial charge in [-0.25, -0.2) is 0 Å². The van der Waals surface area contributed by atoms with Gasteiger partial charge in [-0.05, 0) is 55.0 Å². The van der Waals surface area contributed by atoms with Gasteiger partial charge in [-0.3, -0.25) is 10.1 Å². The molecule has 0 fully saturated rings. The standard InChI is InChI=1S/C15H13ClN2O2S/c1-10-4-5-11(9-13(10)16)17-15(21)18-14(19)7-6-12-3-2-8-20-12/h2-9H,1H3,(H2,17,18,19,21). The lowest BCUT2D eigenvalue weighted by Gasteiger charge is -2.09. The lowest BCUT2D eigenvalue weighted by Crippen LogP contribution is -2.32. The predicted molar refractivity (Wildman–Crippen MR) is 88.3 cm³/mol. The molecule has 0 atom stereocenters. The highest BCUT2D eigenvalue weighted by Crippen LogP contribution is 2.19. The van der Waals surface area contributed by atoms with Crippen LogP contribution in [0.4, 0.5) is 5.69 Å². The molecule has 2 N–H and O–H groups in total. The molecule has 0 aliphatic carbocycles. The number of anilines is 1. The summed E-state index contributed by atoms with van der Waals surface area (Å²) in [5.41, 5.74) is 1.68. The molecule has 0 aliphatic heterocycles. The first-order chi connectivity index (χ1) is 10.0. The molecule has 0 unspecified atom stereocenters. The van der Waals surface area contributed by atoms with Gasteiger partial charge in [0.25, 0.3) is 0 Å². The second-order valence-electron chi connectivity index (χ2n) is 4.26. The number of hydrogen-bond acceptors (Lipinski definition) is 3. The van der Waals surface area contributed by atoms with E-state index in [-0.39, 0.29) is 11.0 Å². The Labute approximate surface area is 132 Å². The van der Waals surface area contributed by atoms with Gasteiger partial charge in [0.05, 0.1) is 6.26 Å². The molecule has 2 rings (SSSR count). The molecule has 2 aromatic rings. The highest BCUT2D eigenvalue weighted by molar-refractivity contribution is 7.80. The van der Waals surface area contributed by atoms with E-state index in [1.807, 2.05) is 19.1 Å². The number of nitrogens with one attached hydrogen (secondary N) is 2. The van der Waals surface area contributed by atoms with E-state index >= 15 is 0 Å². The molecule has 4 nitrogen and oxygen atoms in total. The van der Waals surface area contributed by atoms with Gasteiger partial charge in [-0.2, -0.15) is 0 Å². The van der Waals surface area contributed by atoms with E-state index in [9.17, 15) is 4.79 Å². The molecule has 0 saturated carbocycles. The number of rotatable bonds is 3. The van der Waals surface area contributed by atoms with Crippen molar-refractivity contribution >= 4 is 46.6 Å². The SMILES string of the molecule is Cc1ccc(NC(=S)NC(=O)C=Cc2ccco2)cc1Cl. The van der Waals surface area contributed by atoms with E-state index in [2.05, 4.69) is 10.6 Å². The number of carbonyl (C=O) groups is 1. The Balaban J connectivity index is 1.89. The fourth-order valence-corrected chi connectivity index (χ4v) is 1.93. The van der Waals surface area contributed by atoms with Crippen molar-refractivity contribution in [2.24, 2.45) is 0 Å². The van der Waals surface area contributed by atoms with Crippen LogP contribution in [0.25, 0.3) is 6.08 Å². The molecule has 6 heteroatoms. The molecule has 0 bridgehead atoms. The van der Waals surface area contributed by atoms with Gasteiger partial charge in [-0.1, -0.05) is 17.7 Å². The minimum atomic E-state index is -0.345. The molecule has 0 spiro atoms. The summed E-state index contributed by atoms with van der Waals surface area (Å²) in [6.45, 7) is 1.91. The van der Waals surface area contributed by atoms with E-state index in [1.165, 1.54) is 12.3 Å². The van der Waals surface area contributed by atoms with Gasteiger partial charge in [0.2, 0.25) is 5.91 Å². The molecule has 21 heavy (non-hydrogen) atoms. The molecule has 1 aromatic heterocycles. The first kappa shape index (κ1) is 15.3. The number of carbonyl (C=O) groups excluding carboxylic acids is 1. The fraction of sp³-hybridized carbons (Fsp3) is 0.0667. The van der Waals surface area contributed by atoms with Crippen LogP contribution in [-0.4, -0.2) is 11.0 Å². The van der Waals surface area contributed by atoms with Crippen molar-refractivity contribution in [1.29, 1.82) is 0 Å². The Bertz CT molecular complexity index is 681. The smallest absolute Gasteiger partial charge is 0.250 e. The van der Waals surface area contributed by atoms with Crippen molar-refractivity contribution in [3.8, 4) is 0 Å². The van der Waals surface area contributed by atoms with Crippen LogP contribution >= 0.6 is 23.8 Å². The number of halogens is 1. The third-order valence-corrected chi connectivity index (χ3v) is 3.22. The average Bonchev–Trinajstić information content (AvgIpc) is 2.94. The molecule has 0 saturated heterocycles. The van der Waals surface area contributed by atoms with Gasteiger partial charge in [0, 0.05) is 16.8 Å². The zero-order chi connectivity index (χ0) is 15.2. The first-order valence-electron chi connectivity index (χ1n) is 6.14. The molecule has 1 aromatic carbocycles. The second-order valence-corrected chi connectivity index (χ2v) is 5.07. The Morgan fingerprint density at radius 1 is 1.38 bits per heavy atom. The van der Waals surface area contributed by atoms with Crippen LogP contribution < -0.4 is 10.6 Å². The summed E-state index contributed by atoms with van der Waals surface area (Å²) in [6, 6.07) is 8.93. The maximum atomic E-state index is 11.7. The first-order valence-corrected chi connectivity index (χ1v) is 6.93. The summed E-state index contributed by atoms with van der Waals surface area (Å²) < 4.78 is 5.08. The predicted octanol–water partition coefficient (Wildman–Crippen LogP) is 3.77. The zero-order valence-electron chi connectivity index (χ0n) is 11.2. The summed E-state index contributed by atoms with van der Waals surface area (Å²) >= 11 is 11.1. The molecule has 0 aliphatic rings. The van der Waals surface area contributed by atoms with E-state index in [0.29, 0.717) is 16.5 Å². The lowest BCUT2D eigenvalue weighted by molar-refractivity contribution is -0.115. The van der Waals surface area contributed by atoms with Crippen molar-refractivity contribution in [1.82, 2.24) is 5.32 Å². The van der Waals surface area contributed by atoms with E-state index in [1.54, 1.807) is 24.3 Å². The summed E-state index contributed by atoms with van der Waals surface area (Å²) in [5.74, 6) is 0.247. The second kappa shape index (κ2) is 7.06. The van der Waals surface area contributed by atoms with Crippen LogP contribution in [0.5, 0.6) is 0 Å². The minimum absolute atomic E-state index is 0.198. The van der Waals surface area contributed by atoms with Crippen LogP contribution in [0.15, 0.2) is 47.1 Å². The molecule has 0 radical (unpaired) electrons. The van der Waals surface area contributed by atoms with Crippen molar-refractivity contribution in [3.63, 3.8) is 0 Å². The van der Waals surface area contributed by atoms with Crippen molar-refractivity contribution in [2.45, 2.75) is 6.92 Å². The summed E-state index contributed by atoms with van der Waals surface area (Å²) in [6.07, 6.45) is 4.43. The fourth-order valence-electron chi connectivity index (χ4n) is 1.53. The zero-order valence-corrected chi connectivity index (χ0v) is 12.8. The topological polar surface area (TPSA) is 54.3 Å². The minimum Gasteiger partial charge on any atom is -0.465 e. The van der Waals surface area contributed by atoms with Crippen molar-refractivity contribution < 1.29 is 9.21 Å². The monoisotopic (exact) mass is 320 g/mol. The molecule has 108 valence electrons. The number of furan rings is 1. The van der Waals surface area contributed by atoms with Gasteiger partial charge in [0.15, 0.2) is 5.11 Å². The van der Waals surface area contributed by atoms with Gasteiger partial charge in [0.1, 0.15) is 5.76 Å². The average molecular weight is 321 g/mol. The number of benzene rings is 1. The Kier molecular flexibility index (Phi) is 5.14. The number of aryl methyl sites for hydroxylation is 1. The Hall–Kier alpha value is -2.11. The Morgan fingerprint density at radius 2 is 2.19 bits per heavy atom. The van der Waals surface area contributed by atoms with Crippen LogP contribution in [-0.2, 0) is 4.79 Å². The van der Waals surface area contributed by atoms with Crippen LogP contribution in [0.2, 0.25) is 5.02 Å². The molecular formula is C15H13ClN2O2S. The third kappa shape index (κ3) is 4.73. The van der Waals surface area contributed by atoms with Crippen molar-refractivity contribution in [3.05, 3.63) is 59.0 Å². The molecule has 1 heterocycles. The lowest BCUT2D eigenvalue weighted by atomic mass is 10.2. The maximum Gasteiger partial charge on any atom is 0.250 e. The normalized spacial score (nSPS) is 10.6. The highest BCUT2D eigenvalue weighted by Gasteiger charge is 2.03. The quantitative estimate of drug-likeness (QED) is 0.667. The number of thiocarbonyl (C=S) groups is 1. The van der Waals surface area contributed by atoms with Gasteiger partial charge < -0.3 is 9.73 Å². The van der Waals surface area contributed by atoms with E-state index in [4.69, 9.17) is 28.2 Å². The summed E-state index contributed by atoms with van der Waals surface area (Å²) in [4.78, 5) is 11.7.